The van der Waals surface area contributed by atoms with Crippen LogP contribution in [0.2, 0.25) is 0 Å². The van der Waals surface area contributed by atoms with Crippen LogP contribution < -0.4 is 5.63 Å². The molecule has 0 aromatic carbocycles. The van der Waals surface area contributed by atoms with E-state index < -0.39 is 0 Å². The monoisotopic (exact) mass is 286 g/mol. The van der Waals surface area contributed by atoms with Crippen LogP contribution in [0.15, 0.2) is 25.8 Å². The first kappa shape index (κ1) is 11.9. The molecule has 0 unspecified atom stereocenters. The van der Waals surface area contributed by atoms with Gasteiger partial charge in [0.1, 0.15) is 5.76 Å². The van der Waals surface area contributed by atoms with E-state index >= 15 is 0 Å². The molecule has 16 heavy (non-hydrogen) atoms. The Morgan fingerprint density at radius 2 is 2.00 bits per heavy atom. The highest BCUT2D eigenvalue weighted by Gasteiger charge is 2.24. The Balaban J connectivity index is 2.11. The fourth-order valence-electron chi connectivity index (χ4n) is 2.25. The summed E-state index contributed by atoms with van der Waals surface area (Å²) >= 11 is 3.32. The number of methoxy groups -OCH3 is 1. The smallest absolute Gasteiger partial charge is 0.336 e. The lowest BCUT2D eigenvalue weighted by atomic mass is 9.85. The van der Waals surface area contributed by atoms with E-state index in [0.717, 1.165) is 35.9 Å². The van der Waals surface area contributed by atoms with Gasteiger partial charge in [-0.2, -0.15) is 0 Å². The van der Waals surface area contributed by atoms with Crippen molar-refractivity contribution in [2.45, 2.75) is 37.7 Å². The van der Waals surface area contributed by atoms with Crippen LogP contribution in [0.4, 0.5) is 0 Å². The number of halogens is 1. The highest BCUT2D eigenvalue weighted by molar-refractivity contribution is 9.10. The van der Waals surface area contributed by atoms with Gasteiger partial charge in [0.2, 0.25) is 0 Å². The quantitative estimate of drug-likeness (QED) is 0.839. The molecule has 0 spiro atoms. The summed E-state index contributed by atoms with van der Waals surface area (Å²) in [6.07, 6.45) is 4.50. The van der Waals surface area contributed by atoms with E-state index in [4.69, 9.17) is 9.15 Å². The predicted molar refractivity (Wildman–Crippen MR) is 64.7 cm³/mol. The third kappa shape index (κ3) is 2.74. The zero-order valence-corrected chi connectivity index (χ0v) is 10.8. The summed E-state index contributed by atoms with van der Waals surface area (Å²) < 4.78 is 11.4. The Labute approximate surface area is 103 Å². The van der Waals surface area contributed by atoms with Crippen LogP contribution in [0.5, 0.6) is 0 Å². The third-order valence-electron chi connectivity index (χ3n) is 3.16. The van der Waals surface area contributed by atoms with Gasteiger partial charge in [0.15, 0.2) is 0 Å². The zero-order valence-electron chi connectivity index (χ0n) is 9.24. The molecule has 2 rings (SSSR count). The number of hydrogen-bond donors (Lipinski definition) is 0. The summed E-state index contributed by atoms with van der Waals surface area (Å²) in [5.74, 6) is 1.16. The minimum absolute atomic E-state index is 0.279. The van der Waals surface area contributed by atoms with Crippen molar-refractivity contribution in [1.29, 1.82) is 0 Å². The van der Waals surface area contributed by atoms with Crippen LogP contribution in [0.1, 0.15) is 37.4 Å². The van der Waals surface area contributed by atoms with E-state index in [9.17, 15) is 4.79 Å². The van der Waals surface area contributed by atoms with Gasteiger partial charge >= 0.3 is 5.63 Å². The van der Waals surface area contributed by atoms with Gasteiger partial charge in [-0.05, 0) is 31.7 Å². The summed E-state index contributed by atoms with van der Waals surface area (Å²) in [4.78, 5) is 11.3. The van der Waals surface area contributed by atoms with Gasteiger partial charge in [-0.1, -0.05) is 15.9 Å². The molecule has 1 heterocycles. The van der Waals surface area contributed by atoms with Crippen molar-refractivity contribution in [3.05, 3.63) is 32.8 Å². The second-order valence-corrected chi connectivity index (χ2v) is 5.12. The molecule has 0 saturated heterocycles. The maximum atomic E-state index is 11.3. The normalized spacial score (nSPS) is 25.6. The van der Waals surface area contributed by atoms with Gasteiger partial charge in [-0.3, -0.25) is 0 Å². The van der Waals surface area contributed by atoms with Crippen molar-refractivity contribution in [1.82, 2.24) is 0 Å². The first-order valence-corrected chi connectivity index (χ1v) is 6.31. The highest BCUT2D eigenvalue weighted by atomic mass is 79.9. The van der Waals surface area contributed by atoms with Gasteiger partial charge in [-0.25, -0.2) is 4.79 Å². The molecule has 0 N–H and O–H groups in total. The van der Waals surface area contributed by atoms with Crippen LogP contribution in [0.25, 0.3) is 0 Å². The first-order valence-electron chi connectivity index (χ1n) is 5.52. The molecule has 0 aliphatic heterocycles. The molecule has 88 valence electrons. The van der Waals surface area contributed by atoms with Crippen LogP contribution in [-0.2, 0) is 4.74 Å². The topological polar surface area (TPSA) is 39.4 Å². The number of ether oxygens (including phenoxy) is 1. The SMILES string of the molecule is COC1CCC(c2cc(Br)cc(=O)o2)CC1. The van der Waals surface area contributed by atoms with E-state index in [0.29, 0.717) is 12.0 Å². The van der Waals surface area contributed by atoms with E-state index in [1.807, 2.05) is 6.07 Å². The van der Waals surface area contributed by atoms with Gasteiger partial charge in [-0.15, -0.1) is 0 Å². The molecule has 1 aromatic heterocycles. The summed E-state index contributed by atoms with van der Waals surface area (Å²) in [6.45, 7) is 0. The summed E-state index contributed by atoms with van der Waals surface area (Å²) in [7, 11) is 1.75. The molecule has 4 heteroatoms. The fourth-order valence-corrected chi connectivity index (χ4v) is 2.66. The summed E-state index contributed by atoms with van der Waals surface area (Å²) in [6, 6.07) is 3.35. The van der Waals surface area contributed by atoms with Crippen molar-refractivity contribution >= 4 is 15.9 Å². The molecule has 1 aromatic rings. The Kier molecular flexibility index (Phi) is 3.82. The molecule has 0 atom stereocenters. The number of hydrogen-bond acceptors (Lipinski definition) is 3. The molecule has 1 aliphatic carbocycles. The Hall–Kier alpha value is -0.610. The van der Waals surface area contributed by atoms with Crippen molar-refractivity contribution < 1.29 is 9.15 Å². The molecule has 0 amide bonds. The molecule has 1 aliphatic rings. The molecule has 1 saturated carbocycles. The van der Waals surface area contributed by atoms with Gasteiger partial charge in [0, 0.05) is 23.6 Å². The lowest BCUT2D eigenvalue weighted by Crippen LogP contribution is -2.19. The fraction of sp³-hybridized carbons (Fsp3) is 0.583. The van der Waals surface area contributed by atoms with E-state index in [1.54, 1.807) is 7.11 Å². The number of rotatable bonds is 2. The maximum Gasteiger partial charge on any atom is 0.336 e. The Morgan fingerprint density at radius 3 is 2.56 bits per heavy atom. The van der Waals surface area contributed by atoms with Crippen LogP contribution in [-0.4, -0.2) is 13.2 Å². The maximum absolute atomic E-state index is 11.3. The van der Waals surface area contributed by atoms with Crippen molar-refractivity contribution in [2.24, 2.45) is 0 Å². The van der Waals surface area contributed by atoms with Gasteiger partial charge in [0.25, 0.3) is 0 Å². The minimum Gasteiger partial charge on any atom is -0.428 e. The van der Waals surface area contributed by atoms with Crippen molar-refractivity contribution in [3.8, 4) is 0 Å². The highest BCUT2D eigenvalue weighted by Crippen LogP contribution is 2.33. The lowest BCUT2D eigenvalue weighted by molar-refractivity contribution is 0.0635. The second-order valence-electron chi connectivity index (χ2n) is 4.21. The Morgan fingerprint density at radius 1 is 1.31 bits per heavy atom. The molecule has 1 fully saturated rings. The Bertz CT molecular complexity index is 405. The average molecular weight is 287 g/mol. The molecular formula is C12H15BrO3. The predicted octanol–water partition coefficient (Wildman–Crippen LogP) is 3.07. The largest absolute Gasteiger partial charge is 0.428 e. The standard InChI is InChI=1S/C12H15BrO3/c1-15-10-4-2-8(3-5-10)11-6-9(13)7-12(14)16-11/h6-8,10H,2-5H2,1H3. The summed E-state index contributed by atoms with van der Waals surface area (Å²) in [5.41, 5.74) is -0.279. The molecular weight excluding hydrogens is 272 g/mol. The molecule has 3 nitrogen and oxygen atoms in total. The molecule has 0 bridgehead atoms. The van der Waals surface area contributed by atoms with Crippen LogP contribution in [0, 0.1) is 0 Å². The lowest BCUT2D eigenvalue weighted by Gasteiger charge is -2.26. The zero-order chi connectivity index (χ0) is 11.5. The van der Waals surface area contributed by atoms with E-state index in [-0.39, 0.29) is 5.63 Å². The van der Waals surface area contributed by atoms with Crippen molar-refractivity contribution in [3.63, 3.8) is 0 Å². The van der Waals surface area contributed by atoms with Crippen LogP contribution in [0.3, 0.4) is 0 Å². The second kappa shape index (κ2) is 5.15. The van der Waals surface area contributed by atoms with E-state index in [2.05, 4.69) is 15.9 Å². The van der Waals surface area contributed by atoms with Gasteiger partial charge in [0.05, 0.1) is 6.10 Å². The third-order valence-corrected chi connectivity index (χ3v) is 3.62. The van der Waals surface area contributed by atoms with Crippen LogP contribution >= 0.6 is 15.9 Å². The first-order chi connectivity index (χ1) is 7.69. The minimum atomic E-state index is -0.279. The average Bonchev–Trinajstić information content (AvgIpc) is 2.28. The van der Waals surface area contributed by atoms with Crippen molar-refractivity contribution in [2.75, 3.05) is 7.11 Å². The van der Waals surface area contributed by atoms with Gasteiger partial charge < -0.3 is 9.15 Å². The molecule has 0 radical (unpaired) electrons. The summed E-state index contributed by atoms with van der Waals surface area (Å²) in [5, 5.41) is 0. The van der Waals surface area contributed by atoms with E-state index in [1.165, 1.54) is 6.07 Å².